The van der Waals surface area contributed by atoms with Gasteiger partial charge in [-0.1, -0.05) is 75.7 Å². The highest BCUT2D eigenvalue weighted by Crippen LogP contribution is 2.45. The first-order valence-corrected chi connectivity index (χ1v) is 17.9. The third kappa shape index (κ3) is 10.6. The molecule has 0 spiro atoms. The van der Waals surface area contributed by atoms with E-state index in [0.717, 1.165) is 11.1 Å². The van der Waals surface area contributed by atoms with Crippen LogP contribution in [0.5, 0.6) is 5.75 Å². The lowest BCUT2D eigenvalue weighted by atomic mass is 9.82. The Morgan fingerprint density at radius 2 is 1.67 bits per heavy atom. The van der Waals surface area contributed by atoms with Gasteiger partial charge in [-0.3, -0.25) is 14.4 Å². The van der Waals surface area contributed by atoms with Gasteiger partial charge >= 0.3 is 5.97 Å². The molecule has 1 saturated heterocycles. The second kappa shape index (κ2) is 16.6. The third-order valence-corrected chi connectivity index (χ3v) is 10.1. The number of ether oxygens (including phenoxy) is 3. The Morgan fingerprint density at radius 3 is 2.27 bits per heavy atom. The molecular formula is C39H53ClN4O7. The van der Waals surface area contributed by atoms with Crippen molar-refractivity contribution in [3.63, 3.8) is 0 Å². The van der Waals surface area contributed by atoms with E-state index in [0.29, 0.717) is 29.3 Å². The van der Waals surface area contributed by atoms with Crippen molar-refractivity contribution in [1.82, 2.24) is 16.0 Å². The van der Waals surface area contributed by atoms with E-state index in [2.05, 4.69) is 16.0 Å². The lowest BCUT2D eigenvalue weighted by Gasteiger charge is -2.35. The van der Waals surface area contributed by atoms with Crippen molar-refractivity contribution < 1.29 is 33.4 Å². The van der Waals surface area contributed by atoms with Crippen LogP contribution in [0.2, 0.25) is 5.02 Å². The summed E-state index contributed by atoms with van der Waals surface area (Å²) in [6.07, 6.45) is 2.52. The van der Waals surface area contributed by atoms with E-state index >= 15 is 0 Å². The minimum absolute atomic E-state index is 0.131. The number of amides is 3. The second-order valence-electron chi connectivity index (χ2n) is 15.4. The molecule has 2 aliphatic rings. The van der Waals surface area contributed by atoms with Crippen molar-refractivity contribution in [3.8, 4) is 5.75 Å². The Balaban J connectivity index is 1.65. The molecule has 1 fully saturated rings. The number of rotatable bonds is 8. The Bertz CT molecular complexity index is 1600. The molecule has 0 saturated carbocycles. The fraction of sp³-hybridized carbons (Fsp3) is 0.538. The standard InChI is InChI=1S/C39H53ClN4O7/c1-22(33-34(51-33)26-15-12-24(21-41)13-16-26)30-10-9-11-32(45)43-28(19-25-14-17-31(49-8)27(40)18-25)35(46)42-23(2)39(6,7)37(48)44-29(36(47)50-30)20-38(3,4)5/h9,11-18,22-23,28-30,33-34H,10,19-21,41H2,1-8H3,(H,42,46)(H,43,45)(H,44,48)/b11-9+/t22?,23-,28+,29-,30-,33+,34+/m0/s1. The van der Waals surface area contributed by atoms with Crippen LogP contribution in [0.3, 0.4) is 0 Å². The monoisotopic (exact) mass is 724 g/mol. The molecule has 51 heavy (non-hydrogen) atoms. The van der Waals surface area contributed by atoms with Crippen molar-refractivity contribution in [2.75, 3.05) is 7.11 Å². The average molecular weight is 725 g/mol. The number of esters is 1. The molecule has 0 aromatic heterocycles. The highest BCUT2D eigenvalue weighted by molar-refractivity contribution is 6.32. The number of nitrogens with two attached hydrogens (primary N) is 1. The van der Waals surface area contributed by atoms with Crippen LogP contribution in [-0.4, -0.2) is 61.1 Å². The zero-order chi connectivity index (χ0) is 37.7. The fourth-order valence-corrected chi connectivity index (χ4v) is 6.38. The van der Waals surface area contributed by atoms with Gasteiger partial charge in [0, 0.05) is 31.3 Å². The Hall–Kier alpha value is -3.93. The van der Waals surface area contributed by atoms with Crippen LogP contribution in [0.25, 0.3) is 0 Å². The molecule has 12 heteroatoms. The summed E-state index contributed by atoms with van der Waals surface area (Å²) in [5.74, 6) is -1.76. The predicted octanol–water partition coefficient (Wildman–Crippen LogP) is 4.93. The summed E-state index contributed by atoms with van der Waals surface area (Å²) in [5, 5.41) is 9.04. The Kier molecular flexibility index (Phi) is 13.0. The molecule has 2 heterocycles. The first-order chi connectivity index (χ1) is 23.9. The number of halogens is 1. The first-order valence-electron chi connectivity index (χ1n) is 17.5. The molecule has 278 valence electrons. The quantitative estimate of drug-likeness (QED) is 0.220. The summed E-state index contributed by atoms with van der Waals surface area (Å²) in [7, 11) is 1.51. The van der Waals surface area contributed by atoms with Gasteiger partial charge in [0.05, 0.1) is 23.7 Å². The minimum Gasteiger partial charge on any atom is -0.495 e. The summed E-state index contributed by atoms with van der Waals surface area (Å²) in [4.78, 5) is 54.9. The maximum atomic E-state index is 13.9. The van der Waals surface area contributed by atoms with E-state index in [1.165, 1.54) is 13.2 Å². The number of benzene rings is 2. The van der Waals surface area contributed by atoms with Crippen LogP contribution < -0.4 is 26.4 Å². The molecule has 3 amide bonds. The van der Waals surface area contributed by atoms with Gasteiger partial charge in [0.1, 0.15) is 30.0 Å². The summed E-state index contributed by atoms with van der Waals surface area (Å²) in [6, 6.07) is 10.4. The fourth-order valence-electron chi connectivity index (χ4n) is 6.10. The molecule has 2 aromatic carbocycles. The summed E-state index contributed by atoms with van der Waals surface area (Å²) < 4.78 is 17.6. The van der Waals surface area contributed by atoms with Crippen molar-refractivity contribution in [1.29, 1.82) is 0 Å². The average Bonchev–Trinajstić information content (AvgIpc) is 3.87. The largest absolute Gasteiger partial charge is 0.495 e. The number of hydrogen-bond donors (Lipinski definition) is 4. The number of carbonyl (C=O) groups is 4. The number of cyclic esters (lactones) is 1. The zero-order valence-corrected chi connectivity index (χ0v) is 31.6. The molecular weight excluding hydrogens is 672 g/mol. The summed E-state index contributed by atoms with van der Waals surface area (Å²) in [6.45, 7) is 13.4. The summed E-state index contributed by atoms with van der Waals surface area (Å²) in [5.41, 5.74) is 6.99. The normalized spacial score (nSPS) is 27.3. The lowest BCUT2D eigenvalue weighted by Crippen LogP contribution is -2.58. The topological polar surface area (TPSA) is 161 Å². The van der Waals surface area contributed by atoms with Gasteiger partial charge in [-0.2, -0.15) is 0 Å². The molecule has 7 atom stereocenters. The summed E-state index contributed by atoms with van der Waals surface area (Å²) >= 11 is 6.36. The maximum Gasteiger partial charge on any atom is 0.328 e. The number of nitrogens with one attached hydrogen (secondary N) is 3. The van der Waals surface area contributed by atoms with Crippen LogP contribution in [0.4, 0.5) is 0 Å². The highest BCUT2D eigenvalue weighted by atomic mass is 35.5. The molecule has 2 aromatic rings. The zero-order valence-electron chi connectivity index (χ0n) is 30.9. The number of hydrogen-bond acceptors (Lipinski definition) is 8. The maximum absolute atomic E-state index is 13.9. The van der Waals surface area contributed by atoms with Crippen molar-refractivity contribution in [2.45, 2.75) is 111 Å². The van der Waals surface area contributed by atoms with Gasteiger partial charge in [0.15, 0.2) is 0 Å². The van der Waals surface area contributed by atoms with Crippen molar-refractivity contribution in [2.24, 2.45) is 22.5 Å². The van der Waals surface area contributed by atoms with E-state index in [9.17, 15) is 19.2 Å². The number of methoxy groups -OCH3 is 1. The van der Waals surface area contributed by atoms with Crippen LogP contribution in [0.15, 0.2) is 54.6 Å². The van der Waals surface area contributed by atoms with E-state index in [1.54, 1.807) is 45.0 Å². The first kappa shape index (κ1) is 39.8. The smallest absolute Gasteiger partial charge is 0.328 e. The van der Waals surface area contributed by atoms with Gasteiger partial charge in [-0.25, -0.2) is 4.79 Å². The van der Waals surface area contributed by atoms with Crippen molar-refractivity contribution in [3.05, 3.63) is 76.3 Å². The van der Waals surface area contributed by atoms with Gasteiger partial charge in [-0.05, 0) is 67.5 Å². The molecule has 0 aliphatic carbocycles. The molecule has 5 N–H and O–H groups in total. The van der Waals surface area contributed by atoms with E-state index in [1.807, 2.05) is 52.0 Å². The molecule has 11 nitrogen and oxygen atoms in total. The molecule has 4 rings (SSSR count). The van der Waals surface area contributed by atoms with Crippen LogP contribution >= 0.6 is 11.6 Å². The molecule has 1 unspecified atom stereocenters. The van der Waals surface area contributed by atoms with Crippen LogP contribution in [0.1, 0.15) is 84.1 Å². The molecule has 2 aliphatic heterocycles. The van der Waals surface area contributed by atoms with Crippen LogP contribution in [-0.2, 0) is 41.6 Å². The van der Waals surface area contributed by atoms with Gasteiger partial charge in [0.2, 0.25) is 17.7 Å². The molecule has 0 radical (unpaired) electrons. The van der Waals surface area contributed by atoms with Crippen molar-refractivity contribution >= 4 is 35.3 Å². The second-order valence-corrected chi connectivity index (χ2v) is 15.8. The number of carbonyl (C=O) groups excluding carboxylic acids is 4. The van der Waals surface area contributed by atoms with E-state index in [4.69, 9.17) is 31.5 Å². The van der Waals surface area contributed by atoms with Gasteiger partial charge in [0.25, 0.3) is 0 Å². The molecule has 0 bridgehead atoms. The Morgan fingerprint density at radius 1 is 1.00 bits per heavy atom. The Labute approximate surface area is 306 Å². The van der Waals surface area contributed by atoms with E-state index in [-0.39, 0.29) is 36.4 Å². The van der Waals surface area contributed by atoms with E-state index < -0.39 is 53.3 Å². The van der Waals surface area contributed by atoms with Gasteiger partial charge in [-0.15, -0.1) is 0 Å². The highest BCUT2D eigenvalue weighted by Gasteiger charge is 2.48. The minimum atomic E-state index is -1.15. The SMILES string of the molecule is COc1ccc(C[C@H]2NC(=O)/C=C/C[C@@H](C(C)[C@H]3O[C@@H]3c3ccc(CN)cc3)OC(=O)[C@H](CC(C)(C)C)NC(=O)C(C)(C)[C@H](C)NC2=O)cc1Cl. The van der Waals surface area contributed by atoms with Crippen LogP contribution in [0, 0.1) is 16.7 Å². The third-order valence-electron chi connectivity index (χ3n) is 9.80. The number of epoxide rings is 1. The predicted molar refractivity (Wildman–Crippen MR) is 196 cm³/mol. The van der Waals surface area contributed by atoms with Gasteiger partial charge < -0.3 is 35.9 Å². The lowest BCUT2D eigenvalue weighted by molar-refractivity contribution is -0.157.